The minimum atomic E-state index is 0.729. The van der Waals surface area contributed by atoms with Gasteiger partial charge in [-0.2, -0.15) is 0 Å². The molecular formula is C10H12ClN. The van der Waals surface area contributed by atoms with E-state index in [1.165, 1.54) is 25.0 Å². The largest absolute Gasteiger partial charge is 0.260 e. The highest BCUT2D eigenvalue weighted by Crippen LogP contribution is 2.29. The van der Waals surface area contributed by atoms with Crippen LogP contribution in [0.4, 0.5) is 0 Å². The van der Waals surface area contributed by atoms with Gasteiger partial charge in [0, 0.05) is 11.9 Å². The monoisotopic (exact) mass is 181 g/mol. The van der Waals surface area contributed by atoms with Crippen molar-refractivity contribution in [3.8, 4) is 0 Å². The number of nitrogens with zero attached hydrogens (tertiary/aromatic N) is 1. The van der Waals surface area contributed by atoms with Crippen molar-refractivity contribution in [1.82, 2.24) is 4.98 Å². The Bertz CT molecular complexity index is 251. The Morgan fingerprint density at radius 3 is 2.75 bits per heavy atom. The van der Waals surface area contributed by atoms with Crippen molar-refractivity contribution in [3.63, 3.8) is 0 Å². The van der Waals surface area contributed by atoms with Gasteiger partial charge in [0.15, 0.2) is 0 Å². The first kappa shape index (κ1) is 8.06. The minimum Gasteiger partial charge on any atom is -0.260 e. The quantitative estimate of drug-likeness (QED) is 0.684. The third-order valence-corrected chi connectivity index (χ3v) is 2.73. The van der Waals surface area contributed by atoms with Gasteiger partial charge in [0.2, 0.25) is 0 Å². The maximum absolute atomic E-state index is 5.73. The predicted molar refractivity (Wildman–Crippen MR) is 50.3 cm³/mol. The lowest BCUT2D eigenvalue weighted by atomic mass is 9.82. The number of hydrogen-bond acceptors (Lipinski definition) is 1. The van der Waals surface area contributed by atoms with Gasteiger partial charge in [0.05, 0.1) is 5.02 Å². The van der Waals surface area contributed by atoms with Crippen LogP contribution >= 0.6 is 11.6 Å². The Morgan fingerprint density at radius 1 is 1.42 bits per heavy atom. The third kappa shape index (κ3) is 1.78. The lowest BCUT2D eigenvalue weighted by Gasteiger charge is -2.24. The van der Waals surface area contributed by atoms with Gasteiger partial charge in [-0.3, -0.25) is 4.98 Å². The smallest absolute Gasteiger partial charge is 0.0589 e. The Kier molecular flexibility index (Phi) is 2.31. The highest BCUT2D eigenvalue weighted by molar-refractivity contribution is 6.30. The Morgan fingerprint density at radius 2 is 2.25 bits per heavy atom. The molecule has 0 atom stereocenters. The van der Waals surface area contributed by atoms with E-state index in [4.69, 9.17) is 11.6 Å². The summed E-state index contributed by atoms with van der Waals surface area (Å²) < 4.78 is 0. The summed E-state index contributed by atoms with van der Waals surface area (Å²) in [4.78, 5) is 4.27. The SMILES string of the molecule is Clc1ccc(CC2CCC2)nc1. The number of rotatable bonds is 2. The van der Waals surface area contributed by atoms with Gasteiger partial charge in [-0.1, -0.05) is 30.9 Å². The number of halogens is 1. The Balaban J connectivity index is 1.98. The molecule has 0 bridgehead atoms. The summed E-state index contributed by atoms with van der Waals surface area (Å²) >= 11 is 5.73. The first-order valence-corrected chi connectivity index (χ1v) is 4.83. The van der Waals surface area contributed by atoms with E-state index in [1.807, 2.05) is 12.1 Å². The van der Waals surface area contributed by atoms with Crippen molar-refractivity contribution in [3.05, 3.63) is 29.0 Å². The van der Waals surface area contributed by atoms with Crippen LogP contribution in [-0.2, 0) is 6.42 Å². The van der Waals surface area contributed by atoms with Crippen molar-refractivity contribution >= 4 is 11.6 Å². The van der Waals surface area contributed by atoms with E-state index in [9.17, 15) is 0 Å². The maximum Gasteiger partial charge on any atom is 0.0589 e. The van der Waals surface area contributed by atoms with Crippen LogP contribution in [0.2, 0.25) is 5.02 Å². The molecule has 0 unspecified atom stereocenters. The van der Waals surface area contributed by atoms with Gasteiger partial charge in [-0.15, -0.1) is 0 Å². The molecule has 0 saturated heterocycles. The predicted octanol–water partition coefficient (Wildman–Crippen LogP) is 3.08. The van der Waals surface area contributed by atoms with Crippen LogP contribution in [0.1, 0.15) is 25.0 Å². The van der Waals surface area contributed by atoms with E-state index in [0.717, 1.165) is 17.4 Å². The molecule has 1 aromatic rings. The van der Waals surface area contributed by atoms with Gasteiger partial charge < -0.3 is 0 Å². The molecule has 0 aliphatic heterocycles. The van der Waals surface area contributed by atoms with E-state index in [2.05, 4.69) is 4.98 Å². The van der Waals surface area contributed by atoms with Crippen molar-refractivity contribution in [1.29, 1.82) is 0 Å². The molecule has 1 fully saturated rings. The van der Waals surface area contributed by atoms with Crippen LogP contribution in [0, 0.1) is 5.92 Å². The summed E-state index contributed by atoms with van der Waals surface area (Å²) in [6, 6.07) is 3.95. The topological polar surface area (TPSA) is 12.9 Å². The van der Waals surface area contributed by atoms with E-state index >= 15 is 0 Å². The summed E-state index contributed by atoms with van der Waals surface area (Å²) in [5.41, 5.74) is 1.18. The normalized spacial score (nSPS) is 17.4. The molecule has 0 aromatic carbocycles. The molecule has 0 radical (unpaired) electrons. The van der Waals surface area contributed by atoms with Crippen LogP contribution in [0.25, 0.3) is 0 Å². The zero-order valence-corrected chi connectivity index (χ0v) is 7.72. The zero-order chi connectivity index (χ0) is 8.39. The first-order valence-electron chi connectivity index (χ1n) is 4.45. The second-order valence-electron chi connectivity index (χ2n) is 3.47. The fraction of sp³-hybridized carbons (Fsp3) is 0.500. The van der Waals surface area contributed by atoms with Crippen molar-refractivity contribution in [2.24, 2.45) is 5.92 Å². The summed E-state index contributed by atoms with van der Waals surface area (Å²) in [6.07, 6.45) is 7.03. The number of pyridine rings is 1. The Hall–Kier alpha value is -0.560. The molecule has 1 aromatic heterocycles. The summed E-state index contributed by atoms with van der Waals surface area (Å²) in [5, 5.41) is 0.729. The van der Waals surface area contributed by atoms with Crippen LogP contribution in [0.5, 0.6) is 0 Å². The minimum absolute atomic E-state index is 0.729. The highest BCUT2D eigenvalue weighted by atomic mass is 35.5. The molecule has 2 rings (SSSR count). The molecule has 1 saturated carbocycles. The number of aromatic nitrogens is 1. The molecular weight excluding hydrogens is 170 g/mol. The van der Waals surface area contributed by atoms with Crippen molar-refractivity contribution < 1.29 is 0 Å². The molecule has 1 nitrogen and oxygen atoms in total. The van der Waals surface area contributed by atoms with Gasteiger partial charge in [-0.25, -0.2) is 0 Å². The second-order valence-corrected chi connectivity index (χ2v) is 3.91. The standard InChI is InChI=1S/C10H12ClN/c11-9-4-5-10(12-7-9)6-8-2-1-3-8/h4-5,7-8H,1-3,6H2. The van der Waals surface area contributed by atoms with Crippen molar-refractivity contribution in [2.75, 3.05) is 0 Å². The van der Waals surface area contributed by atoms with Crippen LogP contribution < -0.4 is 0 Å². The van der Waals surface area contributed by atoms with E-state index in [0.29, 0.717) is 0 Å². The molecule has 0 N–H and O–H groups in total. The Labute approximate surface area is 77.8 Å². The zero-order valence-electron chi connectivity index (χ0n) is 6.96. The lowest BCUT2D eigenvalue weighted by molar-refractivity contribution is 0.312. The lowest BCUT2D eigenvalue weighted by Crippen LogP contribution is -2.14. The van der Waals surface area contributed by atoms with Gasteiger partial charge in [0.25, 0.3) is 0 Å². The van der Waals surface area contributed by atoms with Crippen molar-refractivity contribution in [2.45, 2.75) is 25.7 Å². The average Bonchev–Trinajstić information content (AvgIpc) is 2.00. The summed E-state index contributed by atoms with van der Waals surface area (Å²) in [5.74, 6) is 0.888. The second kappa shape index (κ2) is 3.44. The molecule has 64 valence electrons. The molecule has 2 heteroatoms. The molecule has 12 heavy (non-hydrogen) atoms. The highest BCUT2D eigenvalue weighted by Gasteiger charge is 2.17. The molecule has 1 aliphatic carbocycles. The van der Waals surface area contributed by atoms with Crippen LogP contribution in [-0.4, -0.2) is 4.98 Å². The van der Waals surface area contributed by atoms with Crippen LogP contribution in [0.15, 0.2) is 18.3 Å². The van der Waals surface area contributed by atoms with Gasteiger partial charge in [-0.05, 0) is 24.5 Å². The van der Waals surface area contributed by atoms with E-state index in [1.54, 1.807) is 6.20 Å². The fourth-order valence-electron chi connectivity index (χ4n) is 1.52. The van der Waals surface area contributed by atoms with Gasteiger partial charge in [0.1, 0.15) is 0 Å². The summed E-state index contributed by atoms with van der Waals surface area (Å²) in [6.45, 7) is 0. The van der Waals surface area contributed by atoms with E-state index < -0.39 is 0 Å². The first-order chi connectivity index (χ1) is 5.84. The molecule has 0 amide bonds. The molecule has 1 aliphatic rings. The van der Waals surface area contributed by atoms with Gasteiger partial charge >= 0.3 is 0 Å². The van der Waals surface area contributed by atoms with Crippen LogP contribution in [0.3, 0.4) is 0 Å². The molecule has 0 spiro atoms. The fourth-order valence-corrected chi connectivity index (χ4v) is 1.63. The maximum atomic E-state index is 5.73. The van der Waals surface area contributed by atoms with E-state index in [-0.39, 0.29) is 0 Å². The number of hydrogen-bond donors (Lipinski definition) is 0. The molecule has 1 heterocycles. The average molecular weight is 182 g/mol. The third-order valence-electron chi connectivity index (χ3n) is 2.51. The summed E-state index contributed by atoms with van der Waals surface area (Å²) in [7, 11) is 0.